The Bertz CT molecular complexity index is 549. The first-order chi connectivity index (χ1) is 10.3. The Labute approximate surface area is 125 Å². The van der Waals surface area contributed by atoms with Crippen molar-refractivity contribution in [1.82, 2.24) is 10.5 Å². The topological polar surface area (TPSA) is 56.5 Å². The van der Waals surface area contributed by atoms with Gasteiger partial charge in [-0.1, -0.05) is 5.16 Å². The van der Waals surface area contributed by atoms with Crippen LogP contribution in [0.25, 0.3) is 11.3 Å². The standard InChI is InChI=1S/C16H22N2O3/c1-4-19-9-10-20-14-7-5-13(6-8-14)16-12(2)15(11-17-3)18-21-16/h5-8,17H,4,9-11H2,1-3H3. The van der Waals surface area contributed by atoms with Crippen LogP contribution < -0.4 is 10.1 Å². The van der Waals surface area contributed by atoms with E-state index in [-0.39, 0.29) is 0 Å². The van der Waals surface area contributed by atoms with Crippen LogP contribution in [0.3, 0.4) is 0 Å². The van der Waals surface area contributed by atoms with E-state index in [9.17, 15) is 0 Å². The molecule has 0 spiro atoms. The second-order valence-electron chi connectivity index (χ2n) is 4.68. The van der Waals surface area contributed by atoms with Gasteiger partial charge in [0.25, 0.3) is 0 Å². The minimum atomic E-state index is 0.556. The molecule has 0 unspecified atom stereocenters. The smallest absolute Gasteiger partial charge is 0.170 e. The molecule has 0 amide bonds. The van der Waals surface area contributed by atoms with Gasteiger partial charge in [0.2, 0.25) is 0 Å². The molecule has 1 aromatic carbocycles. The van der Waals surface area contributed by atoms with Crippen molar-refractivity contribution in [2.75, 3.05) is 26.9 Å². The van der Waals surface area contributed by atoms with E-state index in [1.807, 2.05) is 45.2 Å². The molecule has 5 heteroatoms. The molecular formula is C16H22N2O3. The first-order valence-electron chi connectivity index (χ1n) is 7.17. The van der Waals surface area contributed by atoms with Crippen molar-refractivity contribution in [2.45, 2.75) is 20.4 Å². The Balaban J connectivity index is 2.01. The van der Waals surface area contributed by atoms with Crippen molar-refractivity contribution in [3.63, 3.8) is 0 Å². The fraction of sp³-hybridized carbons (Fsp3) is 0.438. The highest BCUT2D eigenvalue weighted by molar-refractivity contribution is 5.62. The lowest BCUT2D eigenvalue weighted by molar-refractivity contribution is 0.110. The third-order valence-corrected chi connectivity index (χ3v) is 3.18. The third kappa shape index (κ3) is 4.06. The summed E-state index contributed by atoms with van der Waals surface area (Å²) in [6.07, 6.45) is 0. The molecule has 0 fully saturated rings. The first kappa shape index (κ1) is 15.5. The summed E-state index contributed by atoms with van der Waals surface area (Å²) in [5.74, 6) is 1.63. The molecule has 0 aliphatic heterocycles. The van der Waals surface area contributed by atoms with Crippen LogP contribution in [0.15, 0.2) is 28.8 Å². The summed E-state index contributed by atoms with van der Waals surface area (Å²) >= 11 is 0. The Morgan fingerprint density at radius 1 is 1.19 bits per heavy atom. The highest BCUT2D eigenvalue weighted by Gasteiger charge is 2.13. The van der Waals surface area contributed by atoms with Crippen LogP contribution in [0.2, 0.25) is 0 Å². The maximum atomic E-state index is 5.59. The molecule has 2 aromatic rings. The normalized spacial score (nSPS) is 10.8. The summed E-state index contributed by atoms with van der Waals surface area (Å²) in [4.78, 5) is 0. The summed E-state index contributed by atoms with van der Waals surface area (Å²) in [5.41, 5.74) is 3.00. The predicted molar refractivity (Wildman–Crippen MR) is 81.4 cm³/mol. The largest absolute Gasteiger partial charge is 0.491 e. The van der Waals surface area contributed by atoms with E-state index in [1.54, 1.807) is 0 Å². The number of rotatable bonds is 8. The minimum absolute atomic E-state index is 0.556. The lowest BCUT2D eigenvalue weighted by Crippen LogP contribution is -2.06. The Hall–Kier alpha value is -1.85. The molecule has 0 aliphatic carbocycles. The molecule has 1 aromatic heterocycles. The summed E-state index contributed by atoms with van der Waals surface area (Å²) < 4.78 is 16.3. The van der Waals surface area contributed by atoms with E-state index in [0.717, 1.165) is 28.3 Å². The van der Waals surface area contributed by atoms with Crippen molar-refractivity contribution in [2.24, 2.45) is 0 Å². The average molecular weight is 290 g/mol. The molecule has 21 heavy (non-hydrogen) atoms. The van der Waals surface area contributed by atoms with Crippen molar-refractivity contribution in [3.8, 4) is 17.1 Å². The van der Waals surface area contributed by atoms with Gasteiger partial charge >= 0.3 is 0 Å². The van der Waals surface area contributed by atoms with Gasteiger partial charge in [-0.25, -0.2) is 0 Å². The van der Waals surface area contributed by atoms with Crippen LogP contribution in [0.5, 0.6) is 5.75 Å². The lowest BCUT2D eigenvalue weighted by atomic mass is 10.1. The van der Waals surface area contributed by atoms with E-state index in [4.69, 9.17) is 14.0 Å². The van der Waals surface area contributed by atoms with E-state index in [2.05, 4.69) is 10.5 Å². The molecule has 0 bridgehead atoms. The number of hydrogen-bond donors (Lipinski definition) is 1. The number of hydrogen-bond acceptors (Lipinski definition) is 5. The van der Waals surface area contributed by atoms with Gasteiger partial charge in [0.05, 0.1) is 6.61 Å². The van der Waals surface area contributed by atoms with E-state index in [0.29, 0.717) is 26.4 Å². The quantitative estimate of drug-likeness (QED) is 0.758. The van der Waals surface area contributed by atoms with Gasteiger partial charge in [-0.3, -0.25) is 0 Å². The zero-order valence-electron chi connectivity index (χ0n) is 12.8. The highest BCUT2D eigenvalue weighted by atomic mass is 16.5. The number of nitrogens with one attached hydrogen (secondary N) is 1. The number of ether oxygens (including phenoxy) is 2. The maximum absolute atomic E-state index is 5.59. The molecule has 1 heterocycles. The molecule has 0 radical (unpaired) electrons. The van der Waals surface area contributed by atoms with Gasteiger partial charge in [0.1, 0.15) is 18.1 Å². The number of benzene rings is 1. The van der Waals surface area contributed by atoms with Gasteiger partial charge in [-0.2, -0.15) is 0 Å². The number of nitrogens with zero attached hydrogens (tertiary/aromatic N) is 1. The zero-order chi connectivity index (χ0) is 15.1. The minimum Gasteiger partial charge on any atom is -0.491 e. The van der Waals surface area contributed by atoms with Gasteiger partial charge in [-0.15, -0.1) is 0 Å². The van der Waals surface area contributed by atoms with E-state index in [1.165, 1.54) is 0 Å². The lowest BCUT2D eigenvalue weighted by Gasteiger charge is -2.06. The van der Waals surface area contributed by atoms with Gasteiger partial charge < -0.3 is 19.3 Å². The molecule has 114 valence electrons. The predicted octanol–water partition coefficient (Wildman–Crippen LogP) is 2.78. The molecule has 1 N–H and O–H groups in total. The molecule has 0 atom stereocenters. The second kappa shape index (κ2) is 7.81. The fourth-order valence-corrected chi connectivity index (χ4v) is 2.04. The van der Waals surface area contributed by atoms with Crippen molar-refractivity contribution in [1.29, 1.82) is 0 Å². The van der Waals surface area contributed by atoms with Crippen molar-refractivity contribution in [3.05, 3.63) is 35.5 Å². The van der Waals surface area contributed by atoms with Gasteiger partial charge in [-0.05, 0) is 45.2 Å². The SMILES string of the molecule is CCOCCOc1ccc(-c2onc(CNC)c2C)cc1. The Kier molecular flexibility index (Phi) is 5.78. The van der Waals surface area contributed by atoms with E-state index < -0.39 is 0 Å². The van der Waals surface area contributed by atoms with Crippen LogP contribution in [0, 0.1) is 6.92 Å². The number of aromatic nitrogens is 1. The zero-order valence-corrected chi connectivity index (χ0v) is 12.8. The second-order valence-corrected chi connectivity index (χ2v) is 4.68. The summed E-state index contributed by atoms with van der Waals surface area (Å²) in [6.45, 7) is 6.56. The molecule has 2 rings (SSSR count). The van der Waals surface area contributed by atoms with Crippen LogP contribution >= 0.6 is 0 Å². The van der Waals surface area contributed by atoms with Crippen molar-refractivity contribution >= 4 is 0 Å². The summed E-state index contributed by atoms with van der Waals surface area (Å²) in [5, 5.41) is 7.17. The Morgan fingerprint density at radius 2 is 1.95 bits per heavy atom. The average Bonchev–Trinajstić information content (AvgIpc) is 2.86. The summed E-state index contributed by atoms with van der Waals surface area (Å²) in [7, 11) is 1.89. The monoisotopic (exact) mass is 290 g/mol. The van der Waals surface area contributed by atoms with Crippen LogP contribution in [0.4, 0.5) is 0 Å². The van der Waals surface area contributed by atoms with Crippen molar-refractivity contribution < 1.29 is 14.0 Å². The molecule has 5 nitrogen and oxygen atoms in total. The van der Waals surface area contributed by atoms with E-state index >= 15 is 0 Å². The summed E-state index contributed by atoms with van der Waals surface area (Å²) in [6, 6.07) is 7.82. The van der Waals surface area contributed by atoms with Crippen LogP contribution in [0.1, 0.15) is 18.2 Å². The molecule has 0 aliphatic rings. The van der Waals surface area contributed by atoms with Crippen LogP contribution in [-0.4, -0.2) is 32.0 Å². The first-order valence-corrected chi connectivity index (χ1v) is 7.17. The molecular weight excluding hydrogens is 268 g/mol. The Morgan fingerprint density at radius 3 is 2.62 bits per heavy atom. The fourth-order valence-electron chi connectivity index (χ4n) is 2.04. The molecule has 0 saturated heterocycles. The van der Waals surface area contributed by atoms with Gasteiger partial charge in [0, 0.05) is 24.3 Å². The third-order valence-electron chi connectivity index (χ3n) is 3.18. The maximum Gasteiger partial charge on any atom is 0.170 e. The van der Waals surface area contributed by atoms with Crippen LogP contribution in [-0.2, 0) is 11.3 Å². The highest BCUT2D eigenvalue weighted by Crippen LogP contribution is 2.27. The molecule has 0 saturated carbocycles. The van der Waals surface area contributed by atoms with Gasteiger partial charge in [0.15, 0.2) is 5.76 Å².